The molecule has 4 amide bonds. The molecule has 11 heteroatoms. The fraction of sp³-hybridized carbons (Fsp3) is 0.818. The van der Waals surface area contributed by atoms with Gasteiger partial charge in [0.1, 0.15) is 0 Å². The number of rotatable bonds is 14. The summed E-state index contributed by atoms with van der Waals surface area (Å²) >= 11 is 0. The molecular weight excluding hydrogens is 432 g/mol. The molecule has 2 aliphatic carbocycles. The normalized spacial score (nSPS) is 18.6. The van der Waals surface area contributed by atoms with E-state index >= 15 is 0 Å². The second-order valence-corrected chi connectivity index (χ2v) is 10.1. The van der Waals surface area contributed by atoms with Crippen LogP contribution in [0.1, 0.15) is 73.6 Å². The average molecular weight is 471 g/mol. The average Bonchev–Trinajstić information content (AvgIpc) is 3.66. The van der Waals surface area contributed by atoms with Crippen LogP contribution in [0, 0.1) is 17.8 Å². The zero-order valence-corrected chi connectivity index (χ0v) is 20.4. The largest absolute Gasteiger partial charge is 0.353 e. The van der Waals surface area contributed by atoms with E-state index in [0.717, 1.165) is 0 Å². The number of amides is 4. The molecule has 0 aromatic heterocycles. The summed E-state index contributed by atoms with van der Waals surface area (Å²) < 4.78 is 0. The Hall–Kier alpha value is -2.24. The predicted molar refractivity (Wildman–Crippen MR) is 118 cm³/mol. The van der Waals surface area contributed by atoms with Crippen LogP contribution in [0.15, 0.2) is 0 Å². The molecule has 2 aliphatic rings. The van der Waals surface area contributed by atoms with Crippen LogP contribution in [0.2, 0.25) is 0 Å². The summed E-state index contributed by atoms with van der Waals surface area (Å²) in [6, 6.07) is 0. The number of carbonyl (C=O) groups is 4. The quantitative estimate of drug-likeness (QED) is 0.278. The molecule has 0 bridgehead atoms. The summed E-state index contributed by atoms with van der Waals surface area (Å²) in [5.41, 5.74) is 4.59. The Labute approximate surface area is 194 Å². The zero-order valence-electron chi connectivity index (χ0n) is 20.4. The van der Waals surface area contributed by atoms with E-state index in [0.29, 0.717) is 44.6 Å². The van der Waals surface area contributed by atoms with Crippen molar-refractivity contribution in [3.8, 4) is 0 Å². The standard InChI is InChI=1S/C22H38N4O7/c1-13(2)11-16(31-24-17(27)15(5)6)18(28)25-32-22(9-10-22)20(30)26-33-21(7-8-21)19(29)23-12-14(3)4/h13-16H,7-12H2,1-6H3,(H,23,29)(H,24,27)(H,25,28)(H,26,30)/t16-/m1/s1. The Balaban J connectivity index is 1.83. The Morgan fingerprint density at radius 2 is 1.27 bits per heavy atom. The lowest BCUT2D eigenvalue weighted by Gasteiger charge is -2.22. The van der Waals surface area contributed by atoms with Gasteiger partial charge in [0.15, 0.2) is 17.3 Å². The third-order valence-corrected chi connectivity index (χ3v) is 5.40. The van der Waals surface area contributed by atoms with Crippen molar-refractivity contribution in [3.63, 3.8) is 0 Å². The van der Waals surface area contributed by atoms with Crippen LogP contribution in [0.5, 0.6) is 0 Å². The van der Waals surface area contributed by atoms with Gasteiger partial charge in [0.2, 0.25) is 5.91 Å². The first-order valence-corrected chi connectivity index (χ1v) is 11.6. The Morgan fingerprint density at radius 3 is 1.76 bits per heavy atom. The van der Waals surface area contributed by atoms with Crippen molar-refractivity contribution in [1.82, 2.24) is 21.8 Å². The van der Waals surface area contributed by atoms with Crippen molar-refractivity contribution in [3.05, 3.63) is 0 Å². The summed E-state index contributed by atoms with van der Waals surface area (Å²) in [6.07, 6.45) is 1.14. The summed E-state index contributed by atoms with van der Waals surface area (Å²) in [4.78, 5) is 65.4. The number of nitrogens with one attached hydrogen (secondary N) is 4. The second-order valence-electron chi connectivity index (χ2n) is 10.1. The number of hydrogen-bond donors (Lipinski definition) is 4. The van der Waals surface area contributed by atoms with Gasteiger partial charge >= 0.3 is 0 Å². The molecule has 2 fully saturated rings. The van der Waals surface area contributed by atoms with Crippen LogP contribution in [0.4, 0.5) is 0 Å². The minimum absolute atomic E-state index is 0.111. The lowest BCUT2D eigenvalue weighted by Crippen LogP contribution is -2.49. The van der Waals surface area contributed by atoms with Gasteiger partial charge in [-0.3, -0.25) is 33.7 Å². The molecule has 0 spiro atoms. The number of hydroxylamine groups is 3. The lowest BCUT2D eigenvalue weighted by molar-refractivity contribution is -0.174. The first kappa shape index (κ1) is 27.0. The zero-order chi connectivity index (χ0) is 24.8. The summed E-state index contributed by atoms with van der Waals surface area (Å²) in [5.74, 6) is -1.68. The highest BCUT2D eigenvalue weighted by atomic mass is 16.7. The lowest BCUT2D eigenvalue weighted by atomic mass is 10.1. The van der Waals surface area contributed by atoms with Gasteiger partial charge in [-0.2, -0.15) is 0 Å². The Bertz CT molecular complexity index is 730. The molecule has 0 aromatic carbocycles. The molecule has 0 aromatic rings. The van der Waals surface area contributed by atoms with Crippen LogP contribution in [-0.2, 0) is 33.7 Å². The highest BCUT2D eigenvalue weighted by Crippen LogP contribution is 2.41. The van der Waals surface area contributed by atoms with Gasteiger partial charge in [-0.15, -0.1) is 0 Å². The van der Waals surface area contributed by atoms with Crippen molar-refractivity contribution in [2.75, 3.05) is 6.54 Å². The van der Waals surface area contributed by atoms with Crippen molar-refractivity contribution >= 4 is 23.6 Å². The third-order valence-electron chi connectivity index (χ3n) is 5.40. The van der Waals surface area contributed by atoms with Crippen molar-refractivity contribution in [1.29, 1.82) is 0 Å². The molecule has 11 nitrogen and oxygen atoms in total. The maximum Gasteiger partial charge on any atom is 0.278 e. The molecule has 4 N–H and O–H groups in total. The fourth-order valence-corrected chi connectivity index (χ4v) is 2.77. The molecule has 0 radical (unpaired) electrons. The molecule has 33 heavy (non-hydrogen) atoms. The van der Waals surface area contributed by atoms with E-state index in [1.807, 2.05) is 27.7 Å². The molecule has 0 unspecified atom stereocenters. The molecule has 2 rings (SSSR count). The van der Waals surface area contributed by atoms with Gasteiger partial charge in [0.05, 0.1) is 0 Å². The van der Waals surface area contributed by atoms with Crippen LogP contribution < -0.4 is 21.8 Å². The van der Waals surface area contributed by atoms with Gasteiger partial charge in [-0.05, 0) is 43.9 Å². The summed E-state index contributed by atoms with van der Waals surface area (Å²) in [7, 11) is 0. The minimum atomic E-state index is -1.26. The van der Waals surface area contributed by atoms with E-state index in [2.05, 4.69) is 21.8 Å². The van der Waals surface area contributed by atoms with Gasteiger partial charge in [-0.1, -0.05) is 41.5 Å². The minimum Gasteiger partial charge on any atom is -0.353 e. The first-order chi connectivity index (χ1) is 15.4. The van der Waals surface area contributed by atoms with Crippen LogP contribution in [0.25, 0.3) is 0 Å². The van der Waals surface area contributed by atoms with Crippen molar-refractivity contribution in [2.45, 2.75) is 91.0 Å². The summed E-state index contributed by atoms with van der Waals surface area (Å²) in [6.45, 7) is 11.7. The molecular formula is C22H38N4O7. The van der Waals surface area contributed by atoms with Crippen molar-refractivity contribution < 1.29 is 33.7 Å². The van der Waals surface area contributed by atoms with Crippen LogP contribution >= 0.6 is 0 Å². The van der Waals surface area contributed by atoms with Gasteiger partial charge in [-0.25, -0.2) is 16.4 Å². The monoisotopic (exact) mass is 470 g/mol. The molecule has 1 atom stereocenters. The highest BCUT2D eigenvalue weighted by Gasteiger charge is 2.57. The topological polar surface area (TPSA) is 144 Å². The summed E-state index contributed by atoms with van der Waals surface area (Å²) in [5, 5.41) is 2.81. The maximum atomic E-state index is 12.6. The van der Waals surface area contributed by atoms with Gasteiger partial charge < -0.3 is 5.32 Å². The predicted octanol–water partition coefficient (Wildman–Crippen LogP) is 1.04. The third kappa shape index (κ3) is 7.94. The van der Waals surface area contributed by atoms with E-state index < -0.39 is 29.1 Å². The fourth-order valence-electron chi connectivity index (χ4n) is 2.77. The van der Waals surface area contributed by atoms with Gasteiger partial charge in [0.25, 0.3) is 17.7 Å². The second kappa shape index (κ2) is 11.3. The Morgan fingerprint density at radius 1 is 0.727 bits per heavy atom. The maximum absolute atomic E-state index is 12.6. The smallest absolute Gasteiger partial charge is 0.278 e. The highest BCUT2D eigenvalue weighted by molar-refractivity contribution is 5.90. The van der Waals surface area contributed by atoms with E-state index in [9.17, 15) is 19.2 Å². The van der Waals surface area contributed by atoms with E-state index in [-0.39, 0.29) is 23.7 Å². The van der Waals surface area contributed by atoms with E-state index in [4.69, 9.17) is 14.5 Å². The Kier molecular flexibility index (Phi) is 9.21. The van der Waals surface area contributed by atoms with Crippen molar-refractivity contribution in [2.24, 2.45) is 17.8 Å². The first-order valence-electron chi connectivity index (χ1n) is 11.6. The van der Waals surface area contributed by atoms with E-state index in [1.54, 1.807) is 13.8 Å². The molecule has 0 aliphatic heterocycles. The van der Waals surface area contributed by atoms with E-state index in [1.165, 1.54) is 0 Å². The van der Waals surface area contributed by atoms with Gasteiger partial charge in [0, 0.05) is 12.5 Å². The molecule has 0 saturated heterocycles. The number of carbonyl (C=O) groups excluding carboxylic acids is 4. The molecule has 188 valence electrons. The van der Waals surface area contributed by atoms with Crippen LogP contribution in [0.3, 0.4) is 0 Å². The molecule has 2 saturated carbocycles. The molecule has 0 heterocycles. The SMILES string of the molecule is CC(C)CNC(=O)C1(ONC(=O)C2(ONC(=O)[C@@H](CC(C)C)ONC(=O)C(C)C)CC2)CC1. The number of hydrogen-bond acceptors (Lipinski definition) is 7. The van der Waals surface area contributed by atoms with Crippen LogP contribution in [-0.4, -0.2) is 47.5 Å².